The SMILES string of the molecule is CCC[C@@H](CCO)Nc1nc(N)nc2cnn(Cc3ncc(CN4C[C@H]5C4CN5CCO)cc3OC)c12. The number of nitrogens with two attached hydrogens (primary N) is 1. The van der Waals surface area contributed by atoms with Crippen LogP contribution < -0.4 is 15.8 Å². The van der Waals surface area contributed by atoms with Crippen molar-refractivity contribution in [3.8, 4) is 5.75 Å². The van der Waals surface area contributed by atoms with E-state index in [9.17, 15) is 5.11 Å². The number of piperazine rings is 1. The zero-order chi connectivity index (χ0) is 25.9. The number of β-amino-alcohol motifs (C(OH)–C–C–N with tert-alkyl or cyclic N) is 1. The van der Waals surface area contributed by atoms with Gasteiger partial charge in [-0.2, -0.15) is 10.1 Å². The van der Waals surface area contributed by atoms with E-state index >= 15 is 0 Å². The van der Waals surface area contributed by atoms with E-state index in [1.54, 1.807) is 13.3 Å². The van der Waals surface area contributed by atoms with E-state index in [0.29, 0.717) is 42.1 Å². The van der Waals surface area contributed by atoms with Crippen LogP contribution in [0.1, 0.15) is 37.4 Å². The quantitative estimate of drug-likeness (QED) is 0.256. The third-order valence-corrected chi connectivity index (χ3v) is 7.47. The van der Waals surface area contributed by atoms with Crippen LogP contribution in [0.5, 0.6) is 5.75 Å². The maximum atomic E-state index is 9.49. The molecule has 3 atom stereocenters. The van der Waals surface area contributed by atoms with Crippen molar-refractivity contribution in [3.63, 3.8) is 0 Å². The molecular formula is C25H37N9O3. The summed E-state index contributed by atoms with van der Waals surface area (Å²) in [7, 11) is 1.66. The number of hydrogen-bond acceptors (Lipinski definition) is 11. The van der Waals surface area contributed by atoms with E-state index < -0.39 is 0 Å². The van der Waals surface area contributed by atoms with Gasteiger partial charge in [0.05, 0.1) is 26.5 Å². The molecule has 2 aliphatic heterocycles. The number of nitrogen functional groups attached to an aromatic ring is 1. The summed E-state index contributed by atoms with van der Waals surface area (Å²) in [6, 6.07) is 3.25. The first-order valence-electron chi connectivity index (χ1n) is 13.0. The highest BCUT2D eigenvalue weighted by Gasteiger charge is 2.50. The number of rotatable bonds is 13. The Balaban J connectivity index is 1.33. The summed E-state index contributed by atoms with van der Waals surface area (Å²) in [4.78, 5) is 18.4. The zero-order valence-electron chi connectivity index (χ0n) is 21.5. The normalized spacial score (nSPS) is 20.3. The molecule has 5 heterocycles. The van der Waals surface area contributed by atoms with E-state index in [0.717, 1.165) is 55.8 Å². The molecule has 0 spiro atoms. The molecule has 3 aromatic heterocycles. The number of pyridine rings is 1. The fraction of sp³-hybridized carbons (Fsp3) is 0.600. The Labute approximate surface area is 216 Å². The minimum absolute atomic E-state index is 0.0651. The molecule has 12 nitrogen and oxygen atoms in total. The number of methoxy groups -OCH3 is 1. The number of aliphatic hydroxyl groups is 2. The van der Waals surface area contributed by atoms with Gasteiger partial charge in [-0.15, -0.1) is 0 Å². The summed E-state index contributed by atoms with van der Waals surface area (Å²) in [6.07, 6.45) is 6.08. The molecule has 0 saturated carbocycles. The summed E-state index contributed by atoms with van der Waals surface area (Å²) >= 11 is 0. The maximum absolute atomic E-state index is 9.49. The number of anilines is 2. The molecule has 2 aliphatic rings. The fourth-order valence-electron chi connectivity index (χ4n) is 5.50. The van der Waals surface area contributed by atoms with E-state index in [-0.39, 0.29) is 25.2 Å². The monoisotopic (exact) mass is 511 g/mol. The highest BCUT2D eigenvalue weighted by atomic mass is 16.5. The lowest BCUT2D eigenvalue weighted by atomic mass is 9.85. The van der Waals surface area contributed by atoms with Gasteiger partial charge in [0.1, 0.15) is 22.5 Å². The van der Waals surface area contributed by atoms with E-state index in [1.807, 2.05) is 10.9 Å². The van der Waals surface area contributed by atoms with Crippen LogP contribution in [-0.2, 0) is 13.1 Å². The Morgan fingerprint density at radius 2 is 1.92 bits per heavy atom. The standard InChI is InChI=1S/C25H37N9O3/c1-3-4-17(5-7-35)29-24-23-18(30-25(26)31-24)11-28-34(23)13-19-22(37-2)9-16(10-27-19)12-33-15-20-21(33)14-32(20)6-8-36/h9-11,17,20-21,35-36H,3-8,12-15H2,1-2H3,(H3,26,29,30,31)/t17-,20-,21?/m0/s1. The summed E-state index contributed by atoms with van der Waals surface area (Å²) in [6.45, 7) is 6.43. The van der Waals surface area contributed by atoms with E-state index in [1.165, 1.54) is 0 Å². The van der Waals surface area contributed by atoms with Crippen LogP contribution in [0.3, 0.4) is 0 Å². The molecule has 5 N–H and O–H groups in total. The number of nitrogens with zero attached hydrogens (tertiary/aromatic N) is 7. The van der Waals surface area contributed by atoms with Gasteiger partial charge in [-0.25, -0.2) is 4.98 Å². The highest BCUT2D eigenvalue weighted by molar-refractivity contribution is 5.86. The Kier molecular flexibility index (Phi) is 7.70. The zero-order valence-corrected chi connectivity index (χ0v) is 21.5. The molecule has 0 aromatic carbocycles. The van der Waals surface area contributed by atoms with Gasteiger partial charge in [-0.3, -0.25) is 19.5 Å². The van der Waals surface area contributed by atoms with Crippen LogP contribution in [0.15, 0.2) is 18.5 Å². The van der Waals surface area contributed by atoms with Crippen LogP contribution in [0.4, 0.5) is 11.8 Å². The van der Waals surface area contributed by atoms with Gasteiger partial charge in [0, 0.05) is 57.1 Å². The first-order valence-corrected chi connectivity index (χ1v) is 13.0. The van der Waals surface area contributed by atoms with Crippen molar-refractivity contribution in [2.45, 2.75) is 57.4 Å². The van der Waals surface area contributed by atoms with Crippen molar-refractivity contribution in [1.82, 2.24) is 34.5 Å². The lowest BCUT2D eigenvalue weighted by Gasteiger charge is -2.62. The van der Waals surface area contributed by atoms with E-state index in [2.05, 4.69) is 43.2 Å². The molecule has 0 amide bonds. The number of aliphatic hydroxyl groups excluding tert-OH is 2. The van der Waals surface area contributed by atoms with Crippen molar-refractivity contribution in [2.75, 3.05) is 51.0 Å². The van der Waals surface area contributed by atoms with Crippen LogP contribution in [0.25, 0.3) is 11.0 Å². The molecule has 0 bridgehead atoms. The highest BCUT2D eigenvalue weighted by Crippen LogP contribution is 2.34. The molecule has 3 aromatic rings. The Bertz CT molecular complexity index is 1210. The maximum Gasteiger partial charge on any atom is 0.222 e. The second-order valence-electron chi connectivity index (χ2n) is 9.88. The lowest BCUT2D eigenvalue weighted by molar-refractivity contribution is -0.131. The second kappa shape index (κ2) is 11.1. The van der Waals surface area contributed by atoms with Gasteiger partial charge >= 0.3 is 0 Å². The number of ether oxygens (including phenoxy) is 1. The predicted octanol–water partition coefficient (Wildman–Crippen LogP) is 0.684. The fourth-order valence-corrected chi connectivity index (χ4v) is 5.50. The molecule has 0 aliphatic carbocycles. The van der Waals surface area contributed by atoms with Crippen molar-refractivity contribution >= 4 is 22.8 Å². The minimum Gasteiger partial charge on any atom is -0.495 e. The van der Waals surface area contributed by atoms with Crippen molar-refractivity contribution < 1.29 is 14.9 Å². The van der Waals surface area contributed by atoms with Gasteiger partial charge < -0.3 is 26.0 Å². The van der Waals surface area contributed by atoms with Crippen LogP contribution in [-0.4, -0.2) is 103 Å². The molecule has 5 rings (SSSR count). The molecule has 0 radical (unpaired) electrons. The summed E-state index contributed by atoms with van der Waals surface area (Å²) in [5.74, 6) is 1.49. The third-order valence-electron chi connectivity index (χ3n) is 7.47. The summed E-state index contributed by atoms with van der Waals surface area (Å²) in [5, 5.41) is 26.6. The molecule has 1 unspecified atom stereocenters. The number of likely N-dealkylation sites (tertiary alicyclic amines) is 2. The summed E-state index contributed by atoms with van der Waals surface area (Å²) < 4.78 is 7.53. The van der Waals surface area contributed by atoms with Gasteiger partial charge in [0.25, 0.3) is 0 Å². The van der Waals surface area contributed by atoms with Gasteiger partial charge in [-0.05, 0) is 24.5 Å². The Morgan fingerprint density at radius 3 is 2.62 bits per heavy atom. The van der Waals surface area contributed by atoms with Crippen LogP contribution in [0, 0.1) is 0 Å². The average molecular weight is 512 g/mol. The number of fused-ring (bicyclic) bond motifs is 2. The van der Waals surface area contributed by atoms with Crippen molar-refractivity contribution in [3.05, 3.63) is 29.7 Å². The van der Waals surface area contributed by atoms with Gasteiger partial charge in [0.15, 0.2) is 5.82 Å². The van der Waals surface area contributed by atoms with Gasteiger partial charge in [-0.1, -0.05) is 13.3 Å². The molecule has 2 saturated heterocycles. The average Bonchev–Trinajstić information content (AvgIpc) is 3.27. The first-order chi connectivity index (χ1) is 18.0. The first kappa shape index (κ1) is 25.6. The summed E-state index contributed by atoms with van der Waals surface area (Å²) in [5.41, 5.74) is 9.23. The second-order valence-corrected chi connectivity index (χ2v) is 9.88. The number of hydrogen-bond donors (Lipinski definition) is 4. The largest absolute Gasteiger partial charge is 0.495 e. The number of nitrogens with one attached hydrogen (secondary N) is 1. The Morgan fingerprint density at radius 1 is 1.11 bits per heavy atom. The molecule has 37 heavy (non-hydrogen) atoms. The predicted molar refractivity (Wildman–Crippen MR) is 140 cm³/mol. The van der Waals surface area contributed by atoms with E-state index in [4.69, 9.17) is 20.6 Å². The molecule has 200 valence electrons. The molecule has 2 fully saturated rings. The van der Waals surface area contributed by atoms with Crippen LogP contribution >= 0.6 is 0 Å². The van der Waals surface area contributed by atoms with Gasteiger partial charge in [0.2, 0.25) is 5.95 Å². The Hall–Kier alpha value is -3.06. The lowest BCUT2D eigenvalue weighted by Crippen LogP contribution is -2.78. The third kappa shape index (κ3) is 5.19. The molecule has 12 heteroatoms. The van der Waals surface area contributed by atoms with Crippen molar-refractivity contribution in [1.29, 1.82) is 0 Å². The minimum atomic E-state index is 0.0651. The van der Waals surface area contributed by atoms with Crippen molar-refractivity contribution in [2.24, 2.45) is 0 Å². The smallest absolute Gasteiger partial charge is 0.222 e. The van der Waals surface area contributed by atoms with Crippen LogP contribution in [0.2, 0.25) is 0 Å². The topological polar surface area (TPSA) is 151 Å². The molecular weight excluding hydrogens is 474 g/mol. The number of aromatic nitrogens is 5.